The van der Waals surface area contributed by atoms with E-state index in [-0.39, 0.29) is 31.4 Å². The second kappa shape index (κ2) is 5.67. The summed E-state index contributed by atoms with van der Waals surface area (Å²) in [6, 6.07) is 7.68. The molecule has 2 aromatic rings. The molecule has 0 fully saturated rings. The molecule has 0 aliphatic rings. The average Bonchev–Trinajstić information content (AvgIpc) is 2.40. The second-order valence-electron chi connectivity index (χ2n) is 3.75. The van der Waals surface area contributed by atoms with Crippen molar-refractivity contribution in [1.29, 1.82) is 0 Å². The lowest BCUT2D eigenvalue weighted by atomic mass is 10.2. The molecule has 19 heavy (non-hydrogen) atoms. The van der Waals surface area contributed by atoms with Crippen LogP contribution in [0.2, 0.25) is 15.1 Å². The maximum atomic E-state index is 12.2. The molecule has 100 valence electrons. The van der Waals surface area contributed by atoms with E-state index in [0.29, 0.717) is 0 Å². The van der Waals surface area contributed by atoms with Gasteiger partial charge >= 0.3 is 0 Å². The first kappa shape index (κ1) is 14.6. The van der Waals surface area contributed by atoms with Crippen molar-refractivity contribution in [1.82, 2.24) is 4.98 Å². The molecular weight excluding hydrogens is 329 g/mol. The van der Waals surface area contributed by atoms with Crippen molar-refractivity contribution < 1.29 is 8.42 Å². The van der Waals surface area contributed by atoms with Crippen LogP contribution >= 0.6 is 34.8 Å². The predicted octanol–water partition coefficient (Wildman–Crippen LogP) is 4.02. The highest BCUT2D eigenvalue weighted by Gasteiger charge is 2.21. The molecule has 0 amide bonds. The number of halogens is 3. The SMILES string of the molecule is O=S(=O)(Cc1c(Cl)ccc(Cl)c1Cl)c1ccccn1. The molecule has 0 saturated heterocycles. The standard InChI is InChI=1S/C12H8Cl3NO2S/c13-9-4-5-10(14)12(15)8(9)7-19(17,18)11-3-1-2-6-16-11/h1-6H,7H2. The van der Waals surface area contributed by atoms with Gasteiger partial charge in [0.2, 0.25) is 0 Å². The fourth-order valence-corrected chi connectivity index (χ4v) is 3.67. The van der Waals surface area contributed by atoms with Crippen LogP contribution in [0.15, 0.2) is 41.6 Å². The van der Waals surface area contributed by atoms with Gasteiger partial charge in [0.1, 0.15) is 0 Å². The molecule has 0 aliphatic carbocycles. The minimum Gasteiger partial charge on any atom is -0.245 e. The Morgan fingerprint density at radius 3 is 2.32 bits per heavy atom. The fourth-order valence-electron chi connectivity index (χ4n) is 1.50. The summed E-state index contributed by atoms with van der Waals surface area (Å²) in [5, 5.41) is 0.641. The monoisotopic (exact) mass is 335 g/mol. The lowest BCUT2D eigenvalue weighted by molar-refractivity contribution is 0.591. The molecule has 0 spiro atoms. The fraction of sp³-hybridized carbons (Fsp3) is 0.0833. The normalized spacial score (nSPS) is 11.5. The van der Waals surface area contributed by atoms with Gasteiger partial charge in [-0.1, -0.05) is 40.9 Å². The third kappa shape index (κ3) is 3.20. The third-order valence-electron chi connectivity index (χ3n) is 2.43. The van der Waals surface area contributed by atoms with Gasteiger partial charge in [-0.2, -0.15) is 0 Å². The van der Waals surface area contributed by atoms with Gasteiger partial charge in [0.15, 0.2) is 14.9 Å². The molecule has 0 N–H and O–H groups in total. The van der Waals surface area contributed by atoms with Gasteiger partial charge in [0.25, 0.3) is 0 Å². The number of benzene rings is 1. The Morgan fingerprint density at radius 1 is 1.00 bits per heavy atom. The maximum absolute atomic E-state index is 12.2. The summed E-state index contributed by atoms with van der Waals surface area (Å²) in [6.45, 7) is 0. The van der Waals surface area contributed by atoms with Crippen molar-refractivity contribution in [3.63, 3.8) is 0 Å². The van der Waals surface area contributed by atoms with Gasteiger partial charge in [-0.05, 0) is 24.3 Å². The van der Waals surface area contributed by atoms with Crippen molar-refractivity contribution in [3.8, 4) is 0 Å². The molecule has 1 aromatic heterocycles. The molecule has 7 heteroatoms. The molecule has 0 unspecified atom stereocenters. The van der Waals surface area contributed by atoms with E-state index in [1.54, 1.807) is 12.1 Å². The van der Waals surface area contributed by atoms with Crippen molar-refractivity contribution >= 4 is 44.6 Å². The zero-order valence-corrected chi connectivity index (χ0v) is 12.6. The van der Waals surface area contributed by atoms with E-state index < -0.39 is 9.84 Å². The Balaban J connectivity index is 2.45. The lowest BCUT2D eigenvalue weighted by Gasteiger charge is -2.09. The Kier molecular flexibility index (Phi) is 4.36. The second-order valence-corrected chi connectivity index (χ2v) is 6.88. The van der Waals surface area contributed by atoms with Crippen LogP contribution < -0.4 is 0 Å². The maximum Gasteiger partial charge on any atom is 0.199 e. The summed E-state index contributed by atoms with van der Waals surface area (Å²) >= 11 is 17.8. The largest absolute Gasteiger partial charge is 0.245 e. The number of hydrogen-bond donors (Lipinski definition) is 0. The van der Waals surface area contributed by atoms with Gasteiger partial charge in [-0.15, -0.1) is 0 Å². The highest BCUT2D eigenvalue weighted by Crippen LogP contribution is 2.33. The molecule has 0 aliphatic heterocycles. The van der Waals surface area contributed by atoms with Gasteiger partial charge in [-0.3, -0.25) is 0 Å². The highest BCUT2D eigenvalue weighted by atomic mass is 35.5. The van der Waals surface area contributed by atoms with Crippen LogP contribution in [0.1, 0.15) is 5.56 Å². The molecule has 2 rings (SSSR count). The Labute approximate surface area is 126 Å². The molecule has 0 saturated carbocycles. The third-order valence-corrected chi connectivity index (χ3v) is 5.17. The van der Waals surface area contributed by atoms with Gasteiger partial charge < -0.3 is 0 Å². The summed E-state index contributed by atoms with van der Waals surface area (Å²) in [4.78, 5) is 3.82. The number of rotatable bonds is 3. The van der Waals surface area contributed by atoms with Crippen molar-refractivity contribution in [2.24, 2.45) is 0 Å². The van der Waals surface area contributed by atoms with E-state index in [9.17, 15) is 8.42 Å². The number of pyridine rings is 1. The Morgan fingerprint density at radius 2 is 1.68 bits per heavy atom. The van der Waals surface area contributed by atoms with Crippen LogP contribution in [-0.4, -0.2) is 13.4 Å². The predicted molar refractivity (Wildman–Crippen MR) is 76.6 cm³/mol. The number of sulfone groups is 1. The molecule has 0 radical (unpaired) electrons. The van der Waals surface area contributed by atoms with Gasteiger partial charge in [0.05, 0.1) is 15.8 Å². The Hall–Kier alpha value is -0.810. The van der Waals surface area contributed by atoms with Crippen LogP contribution in [-0.2, 0) is 15.6 Å². The number of aromatic nitrogens is 1. The molecule has 1 aromatic carbocycles. The number of nitrogens with zero attached hydrogens (tertiary/aromatic N) is 1. The summed E-state index contributed by atoms with van der Waals surface area (Å²) in [7, 11) is -3.61. The van der Waals surface area contributed by atoms with E-state index in [0.717, 1.165) is 0 Å². The molecule has 1 heterocycles. The number of hydrogen-bond acceptors (Lipinski definition) is 3. The summed E-state index contributed by atoms with van der Waals surface area (Å²) in [5.74, 6) is -0.345. The summed E-state index contributed by atoms with van der Waals surface area (Å²) in [6.07, 6.45) is 1.41. The molecule has 3 nitrogen and oxygen atoms in total. The van der Waals surface area contributed by atoms with Crippen LogP contribution in [0.4, 0.5) is 0 Å². The topological polar surface area (TPSA) is 47.0 Å². The van der Waals surface area contributed by atoms with Crippen molar-refractivity contribution in [2.75, 3.05) is 0 Å². The molecule has 0 atom stereocenters. The van der Waals surface area contributed by atoms with Crippen molar-refractivity contribution in [3.05, 3.63) is 57.2 Å². The molecular formula is C12H8Cl3NO2S. The molecule has 0 bridgehead atoms. The van der Waals surface area contributed by atoms with E-state index in [2.05, 4.69) is 4.98 Å². The van der Waals surface area contributed by atoms with Gasteiger partial charge in [-0.25, -0.2) is 13.4 Å². The van der Waals surface area contributed by atoms with Gasteiger partial charge in [0, 0.05) is 16.8 Å². The first-order chi connectivity index (χ1) is 8.92. The van der Waals surface area contributed by atoms with Crippen LogP contribution in [0.25, 0.3) is 0 Å². The van der Waals surface area contributed by atoms with Crippen LogP contribution in [0.3, 0.4) is 0 Å². The minimum atomic E-state index is -3.61. The zero-order valence-electron chi connectivity index (χ0n) is 9.48. The lowest BCUT2D eigenvalue weighted by Crippen LogP contribution is -2.07. The zero-order chi connectivity index (χ0) is 14.0. The highest BCUT2D eigenvalue weighted by molar-refractivity contribution is 7.90. The van der Waals surface area contributed by atoms with E-state index in [4.69, 9.17) is 34.8 Å². The average molecular weight is 337 g/mol. The van der Waals surface area contributed by atoms with Crippen molar-refractivity contribution in [2.45, 2.75) is 10.8 Å². The Bertz CT molecular complexity index is 702. The van der Waals surface area contributed by atoms with E-state index in [1.807, 2.05) is 0 Å². The van der Waals surface area contributed by atoms with Crippen LogP contribution in [0, 0.1) is 0 Å². The first-order valence-electron chi connectivity index (χ1n) is 5.18. The van der Waals surface area contributed by atoms with Crippen LogP contribution in [0.5, 0.6) is 0 Å². The first-order valence-corrected chi connectivity index (χ1v) is 7.96. The van der Waals surface area contributed by atoms with E-state index >= 15 is 0 Å². The van der Waals surface area contributed by atoms with E-state index in [1.165, 1.54) is 24.4 Å². The minimum absolute atomic E-state index is 0.0258. The quantitative estimate of drug-likeness (QED) is 0.795. The summed E-state index contributed by atoms with van der Waals surface area (Å²) in [5.41, 5.74) is 0.279. The smallest absolute Gasteiger partial charge is 0.199 e. The summed E-state index contributed by atoms with van der Waals surface area (Å²) < 4.78 is 24.4.